The second kappa shape index (κ2) is 12.9. The van der Waals surface area contributed by atoms with Gasteiger partial charge in [0.05, 0.1) is 33.8 Å². The third-order valence-electron chi connectivity index (χ3n) is 12.1. The van der Waals surface area contributed by atoms with Gasteiger partial charge in [0.25, 0.3) is 0 Å². The number of aromatic nitrogens is 2. The molecule has 12 rings (SSSR count). The van der Waals surface area contributed by atoms with Crippen LogP contribution in [0.4, 0.5) is 0 Å². The molecule has 0 aliphatic rings. The van der Waals surface area contributed by atoms with Crippen LogP contribution in [0.1, 0.15) is 0 Å². The van der Waals surface area contributed by atoms with E-state index < -0.39 is 0 Å². The zero-order valence-corrected chi connectivity index (χ0v) is 31.7. The summed E-state index contributed by atoms with van der Waals surface area (Å²) in [6.07, 6.45) is 0. The maximum absolute atomic E-state index is 2.51. The minimum absolute atomic E-state index is 1.17. The van der Waals surface area contributed by atoms with Gasteiger partial charge in [0, 0.05) is 32.7 Å². The molecule has 2 heterocycles. The van der Waals surface area contributed by atoms with Crippen LogP contribution in [0.3, 0.4) is 0 Å². The van der Waals surface area contributed by atoms with Crippen LogP contribution >= 0.6 is 0 Å². The van der Waals surface area contributed by atoms with Crippen LogP contribution in [0.15, 0.2) is 218 Å². The SMILES string of the molecule is c1ccc(-c2c(-c3ccccc3)n(-c3ccc4ccc5c(-n6c(-c7ccccc7)c(-c7ccccc7)c7ccccc76)ccc6ccc3c4c65)c3ccccc23)cc1. The average molecular weight is 737 g/mol. The Morgan fingerprint density at radius 3 is 0.966 bits per heavy atom. The first-order valence-corrected chi connectivity index (χ1v) is 20.0. The summed E-state index contributed by atoms with van der Waals surface area (Å²) in [4.78, 5) is 0. The third kappa shape index (κ3) is 4.79. The fraction of sp³-hybridized carbons (Fsp3) is 0. The highest BCUT2D eigenvalue weighted by Crippen LogP contribution is 2.48. The molecular formula is C56H36N2. The Morgan fingerprint density at radius 1 is 0.241 bits per heavy atom. The van der Waals surface area contributed by atoms with Crippen LogP contribution in [0.5, 0.6) is 0 Å². The Labute approximate surface area is 336 Å². The van der Waals surface area contributed by atoms with E-state index >= 15 is 0 Å². The predicted octanol–water partition coefficient (Wildman–Crippen LogP) is 15.1. The van der Waals surface area contributed by atoms with Gasteiger partial charge >= 0.3 is 0 Å². The Kier molecular flexibility index (Phi) is 7.26. The quantitative estimate of drug-likeness (QED) is 0.150. The topological polar surface area (TPSA) is 9.86 Å². The van der Waals surface area contributed by atoms with Crippen LogP contribution in [0.2, 0.25) is 0 Å². The van der Waals surface area contributed by atoms with E-state index in [2.05, 4.69) is 228 Å². The Balaban J connectivity index is 1.19. The van der Waals surface area contributed by atoms with E-state index in [1.165, 1.54) is 110 Å². The van der Waals surface area contributed by atoms with E-state index in [0.29, 0.717) is 0 Å². The van der Waals surface area contributed by atoms with Crippen LogP contribution in [-0.4, -0.2) is 9.13 Å². The number of hydrogen-bond donors (Lipinski definition) is 0. The molecule has 0 aliphatic heterocycles. The standard InChI is InChI=1S/C56H36N2/c1-5-17-37(18-6-1)53-43-25-13-15-27-47(43)57(55(53)41-21-9-3-10-22-41)49-35-31-39-30-34-46-50(36-32-40-29-33-45(49)51(39)52(40)46)58-48-28-16-14-26-44(48)54(38-19-7-2-8-20-38)56(58)42-23-11-4-12-24-42/h1-36H. The molecule has 0 spiro atoms. The summed E-state index contributed by atoms with van der Waals surface area (Å²) in [7, 11) is 0. The molecule has 0 saturated heterocycles. The lowest BCUT2D eigenvalue weighted by molar-refractivity contribution is 1.15. The molecule has 12 aromatic rings. The summed E-state index contributed by atoms with van der Waals surface area (Å²) in [5, 5.41) is 9.99. The van der Waals surface area contributed by atoms with Crippen molar-refractivity contribution in [3.8, 4) is 56.1 Å². The number of para-hydroxylation sites is 2. The van der Waals surface area contributed by atoms with Gasteiger partial charge in [0.2, 0.25) is 0 Å². The Hall–Kier alpha value is -7.68. The lowest BCUT2D eigenvalue weighted by atomic mass is 9.92. The van der Waals surface area contributed by atoms with E-state index in [1.54, 1.807) is 0 Å². The van der Waals surface area contributed by atoms with Crippen molar-refractivity contribution >= 4 is 54.1 Å². The highest BCUT2D eigenvalue weighted by molar-refractivity contribution is 6.26. The normalized spacial score (nSPS) is 11.8. The summed E-state index contributed by atoms with van der Waals surface area (Å²) >= 11 is 0. The lowest BCUT2D eigenvalue weighted by Crippen LogP contribution is -2.01. The third-order valence-corrected chi connectivity index (χ3v) is 12.1. The van der Waals surface area contributed by atoms with E-state index in [-0.39, 0.29) is 0 Å². The zero-order valence-electron chi connectivity index (χ0n) is 31.7. The fourth-order valence-corrected chi connectivity index (χ4v) is 9.67. The van der Waals surface area contributed by atoms with Crippen LogP contribution in [0, 0.1) is 0 Å². The van der Waals surface area contributed by atoms with Crippen LogP contribution < -0.4 is 0 Å². The smallest absolute Gasteiger partial charge is 0.0619 e. The van der Waals surface area contributed by atoms with Gasteiger partial charge in [-0.3, -0.25) is 0 Å². The van der Waals surface area contributed by atoms with Gasteiger partial charge in [0.1, 0.15) is 0 Å². The molecule has 0 amide bonds. The van der Waals surface area contributed by atoms with E-state index in [1.807, 2.05) is 0 Å². The predicted molar refractivity (Wildman–Crippen MR) is 246 cm³/mol. The van der Waals surface area contributed by atoms with Gasteiger partial charge in [-0.05, 0) is 68.1 Å². The molecule has 0 aliphatic carbocycles. The number of benzene rings is 10. The highest BCUT2D eigenvalue weighted by Gasteiger charge is 2.25. The van der Waals surface area contributed by atoms with Crippen molar-refractivity contribution in [3.63, 3.8) is 0 Å². The summed E-state index contributed by atoms with van der Waals surface area (Å²) in [5.41, 5.74) is 14.4. The lowest BCUT2D eigenvalue weighted by Gasteiger charge is -2.20. The molecule has 2 heteroatoms. The van der Waals surface area contributed by atoms with Crippen molar-refractivity contribution in [1.82, 2.24) is 9.13 Å². The molecule has 0 atom stereocenters. The molecule has 0 saturated carbocycles. The molecule has 58 heavy (non-hydrogen) atoms. The molecule has 0 unspecified atom stereocenters. The molecular weight excluding hydrogens is 701 g/mol. The van der Waals surface area contributed by atoms with Gasteiger partial charge in [-0.1, -0.05) is 194 Å². The van der Waals surface area contributed by atoms with Gasteiger partial charge < -0.3 is 9.13 Å². The molecule has 10 aromatic carbocycles. The summed E-state index contributed by atoms with van der Waals surface area (Å²) < 4.78 is 5.03. The molecule has 0 radical (unpaired) electrons. The monoisotopic (exact) mass is 736 g/mol. The van der Waals surface area contributed by atoms with Gasteiger partial charge in [0.15, 0.2) is 0 Å². The maximum Gasteiger partial charge on any atom is 0.0619 e. The number of hydrogen-bond acceptors (Lipinski definition) is 0. The van der Waals surface area contributed by atoms with Crippen LogP contribution in [0.25, 0.3) is 110 Å². The first-order valence-electron chi connectivity index (χ1n) is 20.0. The van der Waals surface area contributed by atoms with Crippen molar-refractivity contribution in [2.75, 3.05) is 0 Å². The maximum atomic E-state index is 2.51. The van der Waals surface area contributed by atoms with Crippen molar-refractivity contribution < 1.29 is 0 Å². The highest BCUT2D eigenvalue weighted by atomic mass is 15.0. The number of nitrogens with zero attached hydrogens (tertiary/aromatic N) is 2. The average Bonchev–Trinajstić information content (AvgIpc) is 3.83. The molecule has 0 N–H and O–H groups in total. The second-order valence-corrected chi connectivity index (χ2v) is 15.2. The number of rotatable bonds is 6. The first kappa shape index (κ1) is 32.6. The van der Waals surface area contributed by atoms with E-state index in [0.717, 1.165) is 0 Å². The van der Waals surface area contributed by atoms with Crippen molar-refractivity contribution in [2.45, 2.75) is 0 Å². The summed E-state index contributed by atoms with van der Waals surface area (Å²) in [5.74, 6) is 0. The Morgan fingerprint density at radius 2 is 0.569 bits per heavy atom. The largest absolute Gasteiger partial charge is 0.308 e. The molecule has 270 valence electrons. The zero-order chi connectivity index (χ0) is 38.2. The van der Waals surface area contributed by atoms with Crippen molar-refractivity contribution in [3.05, 3.63) is 218 Å². The Bertz CT molecular complexity index is 3230. The molecule has 0 bridgehead atoms. The molecule has 2 aromatic heterocycles. The van der Waals surface area contributed by atoms with Crippen LogP contribution in [-0.2, 0) is 0 Å². The first-order chi connectivity index (χ1) is 28.8. The number of fused-ring (bicyclic) bond motifs is 2. The van der Waals surface area contributed by atoms with E-state index in [9.17, 15) is 0 Å². The minimum atomic E-state index is 1.17. The minimum Gasteiger partial charge on any atom is -0.308 e. The summed E-state index contributed by atoms with van der Waals surface area (Å²) in [6, 6.07) is 79.9. The van der Waals surface area contributed by atoms with Crippen molar-refractivity contribution in [1.29, 1.82) is 0 Å². The summed E-state index contributed by atoms with van der Waals surface area (Å²) in [6.45, 7) is 0. The molecule has 2 nitrogen and oxygen atoms in total. The molecule has 0 fully saturated rings. The van der Waals surface area contributed by atoms with Crippen molar-refractivity contribution in [2.24, 2.45) is 0 Å². The van der Waals surface area contributed by atoms with Gasteiger partial charge in [-0.2, -0.15) is 0 Å². The fourth-order valence-electron chi connectivity index (χ4n) is 9.67. The van der Waals surface area contributed by atoms with Gasteiger partial charge in [-0.15, -0.1) is 0 Å². The van der Waals surface area contributed by atoms with Gasteiger partial charge in [-0.25, -0.2) is 0 Å². The second-order valence-electron chi connectivity index (χ2n) is 15.2. The van der Waals surface area contributed by atoms with E-state index in [4.69, 9.17) is 0 Å².